The van der Waals surface area contributed by atoms with E-state index in [0.717, 1.165) is 18.5 Å². The van der Waals surface area contributed by atoms with Crippen LogP contribution in [0.4, 0.5) is 10.5 Å². The number of rotatable bonds is 4. The number of carbonyl (C=O) groups excluding carboxylic acids is 1. The zero-order valence-electron chi connectivity index (χ0n) is 9.25. The summed E-state index contributed by atoms with van der Waals surface area (Å²) in [5.74, 6) is 0. The van der Waals surface area contributed by atoms with Crippen LogP contribution in [0.1, 0.15) is 25.8 Å². The molecule has 1 amide bonds. The largest absolute Gasteiger partial charge is 0.449 e. The van der Waals surface area contributed by atoms with Gasteiger partial charge >= 0.3 is 6.09 Å². The maximum Gasteiger partial charge on any atom is 0.411 e. The fraction of sp³-hybridized carbons (Fsp3) is 0.417. The summed E-state index contributed by atoms with van der Waals surface area (Å²) in [4.78, 5) is 11.2. The van der Waals surface area contributed by atoms with Crippen molar-refractivity contribution in [3.05, 3.63) is 29.8 Å². The Kier molecular flexibility index (Phi) is 4.68. The molecule has 0 radical (unpaired) electrons. The molecule has 0 unspecified atom stereocenters. The van der Waals surface area contributed by atoms with E-state index in [4.69, 9.17) is 4.74 Å². The Morgan fingerprint density at radius 2 is 1.93 bits per heavy atom. The molecule has 1 rings (SSSR count). The molecule has 3 nitrogen and oxygen atoms in total. The standard InChI is InChI=1S/C12H17NO2/c1-3-9-15-12(14)13-11-7-5-10(4-2)6-8-11/h5-8H,3-4,9H2,1-2H3,(H,13,14). The van der Waals surface area contributed by atoms with Crippen molar-refractivity contribution >= 4 is 11.8 Å². The van der Waals surface area contributed by atoms with Crippen LogP contribution >= 0.6 is 0 Å². The maximum absolute atomic E-state index is 11.2. The van der Waals surface area contributed by atoms with Gasteiger partial charge in [-0.05, 0) is 30.5 Å². The van der Waals surface area contributed by atoms with Crippen molar-refractivity contribution in [1.29, 1.82) is 0 Å². The molecule has 1 aromatic rings. The van der Waals surface area contributed by atoms with Crippen molar-refractivity contribution in [3.8, 4) is 0 Å². The fourth-order valence-corrected chi connectivity index (χ4v) is 1.17. The predicted molar refractivity (Wildman–Crippen MR) is 61.1 cm³/mol. The molecule has 0 aliphatic heterocycles. The van der Waals surface area contributed by atoms with Crippen LogP contribution < -0.4 is 5.32 Å². The highest BCUT2D eigenvalue weighted by molar-refractivity contribution is 5.84. The van der Waals surface area contributed by atoms with Crippen molar-refractivity contribution in [3.63, 3.8) is 0 Å². The molecule has 0 fully saturated rings. The van der Waals surface area contributed by atoms with Crippen LogP contribution in [-0.2, 0) is 11.2 Å². The van der Waals surface area contributed by atoms with Crippen LogP contribution in [0, 0.1) is 0 Å². The third kappa shape index (κ3) is 4.02. The first-order chi connectivity index (χ1) is 7.26. The van der Waals surface area contributed by atoms with Gasteiger partial charge in [-0.1, -0.05) is 26.0 Å². The van der Waals surface area contributed by atoms with Gasteiger partial charge in [-0.2, -0.15) is 0 Å². The van der Waals surface area contributed by atoms with Crippen molar-refractivity contribution in [2.45, 2.75) is 26.7 Å². The van der Waals surface area contributed by atoms with Gasteiger partial charge in [-0.15, -0.1) is 0 Å². The molecule has 0 saturated heterocycles. The van der Waals surface area contributed by atoms with E-state index in [9.17, 15) is 4.79 Å². The number of nitrogens with one attached hydrogen (secondary N) is 1. The van der Waals surface area contributed by atoms with Gasteiger partial charge in [0.2, 0.25) is 0 Å². The number of benzene rings is 1. The highest BCUT2D eigenvalue weighted by Gasteiger charge is 2.01. The number of anilines is 1. The second-order valence-electron chi connectivity index (χ2n) is 3.31. The average molecular weight is 207 g/mol. The summed E-state index contributed by atoms with van der Waals surface area (Å²) in [7, 11) is 0. The summed E-state index contributed by atoms with van der Waals surface area (Å²) >= 11 is 0. The van der Waals surface area contributed by atoms with Gasteiger partial charge in [0.1, 0.15) is 0 Å². The van der Waals surface area contributed by atoms with Gasteiger partial charge in [0.05, 0.1) is 6.61 Å². The van der Waals surface area contributed by atoms with Gasteiger partial charge in [-0.3, -0.25) is 5.32 Å². The van der Waals surface area contributed by atoms with Crippen molar-refractivity contribution < 1.29 is 9.53 Å². The summed E-state index contributed by atoms with van der Waals surface area (Å²) in [5.41, 5.74) is 2.02. The molecule has 1 aromatic carbocycles. The highest BCUT2D eigenvalue weighted by Crippen LogP contribution is 2.10. The summed E-state index contributed by atoms with van der Waals surface area (Å²) in [6.07, 6.45) is 1.45. The first kappa shape index (κ1) is 11.6. The van der Waals surface area contributed by atoms with Crippen LogP contribution in [-0.4, -0.2) is 12.7 Å². The smallest absolute Gasteiger partial charge is 0.411 e. The number of carbonyl (C=O) groups is 1. The predicted octanol–water partition coefficient (Wildman–Crippen LogP) is 3.21. The van der Waals surface area contributed by atoms with Gasteiger partial charge in [0.15, 0.2) is 0 Å². The lowest BCUT2D eigenvalue weighted by molar-refractivity contribution is 0.161. The first-order valence-corrected chi connectivity index (χ1v) is 5.29. The molecule has 0 bridgehead atoms. The second kappa shape index (κ2) is 6.06. The molecule has 15 heavy (non-hydrogen) atoms. The van der Waals surface area contributed by atoms with Crippen molar-refractivity contribution in [2.75, 3.05) is 11.9 Å². The number of aryl methyl sites for hydroxylation is 1. The number of hydrogen-bond donors (Lipinski definition) is 1. The molecule has 0 aromatic heterocycles. The van der Waals surface area contributed by atoms with Gasteiger partial charge in [0, 0.05) is 5.69 Å². The van der Waals surface area contributed by atoms with Crippen LogP contribution in [0.2, 0.25) is 0 Å². The van der Waals surface area contributed by atoms with Gasteiger partial charge < -0.3 is 4.74 Å². The Morgan fingerprint density at radius 3 is 2.47 bits per heavy atom. The summed E-state index contributed by atoms with van der Waals surface area (Å²) in [5, 5.41) is 2.67. The molecule has 0 aliphatic carbocycles. The quantitative estimate of drug-likeness (QED) is 0.823. The molecule has 1 N–H and O–H groups in total. The lowest BCUT2D eigenvalue weighted by Gasteiger charge is -2.06. The third-order valence-electron chi connectivity index (χ3n) is 2.05. The lowest BCUT2D eigenvalue weighted by atomic mass is 10.1. The SMILES string of the molecule is CCCOC(=O)Nc1ccc(CC)cc1. The van der Waals surface area contributed by atoms with E-state index in [1.807, 2.05) is 31.2 Å². The average Bonchev–Trinajstić information content (AvgIpc) is 2.27. The summed E-state index contributed by atoms with van der Waals surface area (Å²) in [6.45, 7) is 4.51. The molecule has 0 spiro atoms. The van der Waals surface area contributed by atoms with E-state index >= 15 is 0 Å². The number of hydrogen-bond acceptors (Lipinski definition) is 2. The van der Waals surface area contributed by atoms with Crippen LogP contribution in [0.15, 0.2) is 24.3 Å². The van der Waals surface area contributed by atoms with Crippen LogP contribution in [0.25, 0.3) is 0 Å². The Balaban J connectivity index is 2.46. The summed E-state index contributed by atoms with van der Waals surface area (Å²) < 4.78 is 4.90. The molecule has 0 heterocycles. The van der Waals surface area contributed by atoms with Gasteiger partial charge in [-0.25, -0.2) is 4.79 Å². The molecule has 3 heteroatoms. The topological polar surface area (TPSA) is 38.3 Å². The highest BCUT2D eigenvalue weighted by atomic mass is 16.5. The third-order valence-corrected chi connectivity index (χ3v) is 2.05. The molecule has 0 saturated carbocycles. The number of ether oxygens (including phenoxy) is 1. The Morgan fingerprint density at radius 1 is 1.27 bits per heavy atom. The Hall–Kier alpha value is -1.51. The molecule has 0 aliphatic rings. The minimum Gasteiger partial charge on any atom is -0.449 e. The van der Waals surface area contributed by atoms with Gasteiger partial charge in [0.25, 0.3) is 0 Å². The van der Waals surface area contributed by atoms with E-state index in [-0.39, 0.29) is 6.09 Å². The normalized spacial score (nSPS) is 9.73. The fourth-order valence-electron chi connectivity index (χ4n) is 1.17. The monoisotopic (exact) mass is 207 g/mol. The molecule has 82 valence electrons. The number of amides is 1. The van der Waals surface area contributed by atoms with Crippen molar-refractivity contribution in [2.24, 2.45) is 0 Å². The van der Waals surface area contributed by atoms with Crippen LogP contribution in [0.3, 0.4) is 0 Å². The lowest BCUT2D eigenvalue weighted by Crippen LogP contribution is -2.13. The van der Waals surface area contributed by atoms with Crippen molar-refractivity contribution in [1.82, 2.24) is 0 Å². The molecular weight excluding hydrogens is 190 g/mol. The molecular formula is C12H17NO2. The maximum atomic E-state index is 11.2. The van der Waals surface area contributed by atoms with E-state index < -0.39 is 0 Å². The minimum absolute atomic E-state index is 0.388. The zero-order valence-corrected chi connectivity index (χ0v) is 9.25. The Bertz CT molecular complexity index is 306. The Labute approximate surface area is 90.4 Å². The zero-order chi connectivity index (χ0) is 11.1. The summed E-state index contributed by atoms with van der Waals surface area (Å²) in [6, 6.07) is 7.75. The first-order valence-electron chi connectivity index (χ1n) is 5.29. The van der Waals surface area contributed by atoms with E-state index in [1.165, 1.54) is 5.56 Å². The van der Waals surface area contributed by atoms with E-state index in [2.05, 4.69) is 12.2 Å². The van der Waals surface area contributed by atoms with E-state index in [1.54, 1.807) is 0 Å². The second-order valence-corrected chi connectivity index (χ2v) is 3.31. The molecule has 0 atom stereocenters. The minimum atomic E-state index is -0.388. The van der Waals surface area contributed by atoms with Crippen LogP contribution in [0.5, 0.6) is 0 Å². The van der Waals surface area contributed by atoms with E-state index in [0.29, 0.717) is 6.61 Å².